The quantitative estimate of drug-likeness (QED) is 0.451. The van der Waals surface area contributed by atoms with Crippen molar-refractivity contribution in [3.63, 3.8) is 0 Å². The molecule has 4 aromatic rings. The number of aromatic nitrogens is 3. The molecular formula is C21H19N5O2S2. The van der Waals surface area contributed by atoms with Crippen LogP contribution in [0.3, 0.4) is 0 Å². The Balaban J connectivity index is 1.48. The van der Waals surface area contributed by atoms with Gasteiger partial charge in [0.2, 0.25) is 5.95 Å². The van der Waals surface area contributed by atoms with E-state index in [0.717, 1.165) is 22.1 Å². The molecule has 0 radical (unpaired) electrons. The van der Waals surface area contributed by atoms with Gasteiger partial charge in [0, 0.05) is 28.0 Å². The molecule has 152 valence electrons. The number of thiazole rings is 1. The van der Waals surface area contributed by atoms with Gasteiger partial charge in [0.15, 0.2) is 5.13 Å². The maximum Gasteiger partial charge on any atom is 0.264 e. The Morgan fingerprint density at radius 2 is 1.53 bits per heavy atom. The van der Waals surface area contributed by atoms with E-state index < -0.39 is 10.0 Å². The van der Waals surface area contributed by atoms with Gasteiger partial charge in [-0.1, -0.05) is 30.3 Å². The second kappa shape index (κ2) is 8.21. The van der Waals surface area contributed by atoms with Crippen LogP contribution in [0.15, 0.2) is 70.9 Å². The SMILES string of the molecule is Cc1cc(C)nc(NS(=O)(=O)c2ccc(Nc3nc(-c4ccccc4)cs3)cc2)n1. The first-order chi connectivity index (χ1) is 14.4. The molecule has 30 heavy (non-hydrogen) atoms. The van der Waals surface area contributed by atoms with Crippen LogP contribution in [0.4, 0.5) is 16.8 Å². The molecule has 2 N–H and O–H groups in total. The summed E-state index contributed by atoms with van der Waals surface area (Å²) in [6.45, 7) is 3.57. The van der Waals surface area contributed by atoms with Crippen molar-refractivity contribution >= 4 is 38.1 Å². The Kier molecular flexibility index (Phi) is 5.47. The molecule has 0 amide bonds. The molecule has 9 heteroatoms. The third-order valence-electron chi connectivity index (χ3n) is 4.20. The highest BCUT2D eigenvalue weighted by Gasteiger charge is 2.16. The van der Waals surface area contributed by atoms with Gasteiger partial charge in [-0.15, -0.1) is 11.3 Å². The number of benzene rings is 2. The summed E-state index contributed by atoms with van der Waals surface area (Å²) in [5.74, 6) is 0.0610. The van der Waals surface area contributed by atoms with Crippen molar-refractivity contribution in [1.82, 2.24) is 15.0 Å². The Morgan fingerprint density at radius 1 is 0.867 bits per heavy atom. The number of nitrogens with one attached hydrogen (secondary N) is 2. The van der Waals surface area contributed by atoms with E-state index in [4.69, 9.17) is 0 Å². The minimum atomic E-state index is -3.78. The van der Waals surface area contributed by atoms with E-state index in [1.165, 1.54) is 23.5 Å². The van der Waals surface area contributed by atoms with E-state index >= 15 is 0 Å². The smallest absolute Gasteiger partial charge is 0.264 e. The summed E-state index contributed by atoms with van der Waals surface area (Å²) in [6, 6.07) is 18.1. The molecular weight excluding hydrogens is 418 g/mol. The zero-order valence-corrected chi connectivity index (χ0v) is 18.0. The van der Waals surface area contributed by atoms with Gasteiger partial charge in [0.1, 0.15) is 0 Å². The highest BCUT2D eigenvalue weighted by molar-refractivity contribution is 7.92. The fraction of sp³-hybridized carbons (Fsp3) is 0.0952. The van der Waals surface area contributed by atoms with Gasteiger partial charge in [0.25, 0.3) is 10.0 Å². The van der Waals surface area contributed by atoms with Crippen molar-refractivity contribution in [3.05, 3.63) is 77.4 Å². The maximum absolute atomic E-state index is 12.6. The summed E-state index contributed by atoms with van der Waals surface area (Å²) < 4.78 is 27.7. The van der Waals surface area contributed by atoms with E-state index in [0.29, 0.717) is 11.4 Å². The van der Waals surface area contributed by atoms with Crippen molar-refractivity contribution in [3.8, 4) is 11.3 Å². The number of hydrogen-bond donors (Lipinski definition) is 2. The lowest BCUT2D eigenvalue weighted by Crippen LogP contribution is -2.15. The predicted octanol–water partition coefficient (Wildman–Crippen LogP) is 4.76. The first-order valence-electron chi connectivity index (χ1n) is 9.12. The fourth-order valence-corrected chi connectivity index (χ4v) is 4.55. The van der Waals surface area contributed by atoms with Gasteiger partial charge >= 0.3 is 0 Å². The fourth-order valence-electron chi connectivity index (χ4n) is 2.86. The molecule has 0 aliphatic carbocycles. The normalized spacial score (nSPS) is 11.3. The molecule has 2 heterocycles. The van der Waals surface area contributed by atoms with Crippen LogP contribution < -0.4 is 10.0 Å². The molecule has 0 unspecified atom stereocenters. The van der Waals surface area contributed by atoms with E-state index in [-0.39, 0.29) is 10.8 Å². The molecule has 0 atom stereocenters. The first-order valence-corrected chi connectivity index (χ1v) is 11.5. The van der Waals surface area contributed by atoms with E-state index in [1.54, 1.807) is 32.0 Å². The molecule has 0 fully saturated rings. The standard InChI is InChI=1S/C21H19N5O2S2/c1-14-12-15(2)23-20(22-14)26-30(27,28)18-10-8-17(9-11-18)24-21-25-19(13-29-21)16-6-4-3-5-7-16/h3-13H,1-2H3,(H,24,25)(H,22,23,26). The average molecular weight is 438 g/mol. The lowest BCUT2D eigenvalue weighted by molar-refractivity contribution is 0.601. The molecule has 2 aromatic heterocycles. The van der Waals surface area contributed by atoms with Crippen LogP contribution in [0.25, 0.3) is 11.3 Å². The molecule has 0 saturated heterocycles. The molecule has 7 nitrogen and oxygen atoms in total. The van der Waals surface area contributed by atoms with Crippen LogP contribution in [0.2, 0.25) is 0 Å². The Hall–Kier alpha value is -3.30. The van der Waals surface area contributed by atoms with Gasteiger partial charge in [0.05, 0.1) is 10.6 Å². The third-order valence-corrected chi connectivity index (χ3v) is 6.30. The van der Waals surface area contributed by atoms with Gasteiger partial charge in [-0.3, -0.25) is 0 Å². The Bertz CT molecular complexity index is 1250. The molecule has 0 aliphatic heterocycles. The number of sulfonamides is 1. The molecule has 0 aliphatic rings. The summed E-state index contributed by atoms with van der Waals surface area (Å²) in [6.07, 6.45) is 0. The molecule has 2 aromatic carbocycles. The third kappa shape index (κ3) is 4.64. The molecule has 0 saturated carbocycles. The van der Waals surface area contributed by atoms with E-state index in [1.807, 2.05) is 35.7 Å². The highest BCUT2D eigenvalue weighted by Crippen LogP contribution is 2.27. The van der Waals surface area contributed by atoms with Crippen LogP contribution >= 0.6 is 11.3 Å². The monoisotopic (exact) mass is 437 g/mol. The van der Waals surface area contributed by atoms with Gasteiger partial charge in [-0.2, -0.15) is 0 Å². The number of aryl methyl sites for hydroxylation is 2. The van der Waals surface area contributed by atoms with E-state index in [2.05, 4.69) is 25.0 Å². The van der Waals surface area contributed by atoms with Crippen molar-refractivity contribution in [2.45, 2.75) is 18.7 Å². The summed E-state index contributed by atoms with van der Waals surface area (Å²) in [5, 5.41) is 5.91. The topological polar surface area (TPSA) is 96.9 Å². The van der Waals surface area contributed by atoms with Crippen molar-refractivity contribution in [2.75, 3.05) is 10.0 Å². The van der Waals surface area contributed by atoms with Crippen LogP contribution in [0.1, 0.15) is 11.4 Å². The number of anilines is 3. The lowest BCUT2D eigenvalue weighted by Gasteiger charge is -2.09. The molecule has 0 spiro atoms. The van der Waals surface area contributed by atoms with Crippen LogP contribution in [-0.2, 0) is 10.0 Å². The first kappa shape index (κ1) is 20.0. The van der Waals surface area contributed by atoms with Crippen molar-refractivity contribution < 1.29 is 8.42 Å². The van der Waals surface area contributed by atoms with Crippen LogP contribution in [-0.4, -0.2) is 23.4 Å². The predicted molar refractivity (Wildman–Crippen MR) is 120 cm³/mol. The summed E-state index contributed by atoms with van der Waals surface area (Å²) in [5.41, 5.74) is 4.06. The largest absolute Gasteiger partial charge is 0.332 e. The Labute approximate surface area is 178 Å². The summed E-state index contributed by atoms with van der Waals surface area (Å²) in [7, 11) is -3.78. The second-order valence-corrected chi connectivity index (χ2v) is 9.17. The summed E-state index contributed by atoms with van der Waals surface area (Å²) in [4.78, 5) is 13.0. The van der Waals surface area contributed by atoms with Crippen molar-refractivity contribution in [2.24, 2.45) is 0 Å². The maximum atomic E-state index is 12.6. The molecule has 4 rings (SSSR count). The zero-order chi connectivity index (χ0) is 21.1. The number of rotatable bonds is 6. The van der Waals surface area contributed by atoms with Gasteiger partial charge in [-0.05, 0) is 44.2 Å². The van der Waals surface area contributed by atoms with E-state index in [9.17, 15) is 8.42 Å². The number of hydrogen-bond acceptors (Lipinski definition) is 7. The second-order valence-electron chi connectivity index (χ2n) is 6.63. The lowest BCUT2D eigenvalue weighted by atomic mass is 10.2. The number of nitrogens with zero attached hydrogens (tertiary/aromatic N) is 3. The van der Waals surface area contributed by atoms with Crippen molar-refractivity contribution in [1.29, 1.82) is 0 Å². The van der Waals surface area contributed by atoms with Crippen LogP contribution in [0, 0.1) is 13.8 Å². The summed E-state index contributed by atoms with van der Waals surface area (Å²) >= 11 is 1.48. The minimum Gasteiger partial charge on any atom is -0.332 e. The minimum absolute atomic E-state index is 0.0610. The van der Waals surface area contributed by atoms with Crippen LogP contribution in [0.5, 0.6) is 0 Å². The van der Waals surface area contributed by atoms with Gasteiger partial charge in [-0.25, -0.2) is 28.1 Å². The van der Waals surface area contributed by atoms with Gasteiger partial charge < -0.3 is 5.32 Å². The zero-order valence-electron chi connectivity index (χ0n) is 16.3. The Morgan fingerprint density at radius 3 is 2.20 bits per heavy atom. The average Bonchev–Trinajstić information content (AvgIpc) is 3.16. The molecule has 0 bridgehead atoms. The highest BCUT2D eigenvalue weighted by atomic mass is 32.2.